The van der Waals surface area contributed by atoms with E-state index in [4.69, 9.17) is 10.0 Å². The van der Waals surface area contributed by atoms with Crippen LogP contribution in [0.3, 0.4) is 0 Å². The molecule has 0 spiro atoms. The summed E-state index contributed by atoms with van der Waals surface area (Å²) in [5.41, 5.74) is 1.17. The number of hydrogen-bond acceptors (Lipinski definition) is 2. The molecule has 1 aromatic rings. The Kier molecular flexibility index (Phi) is 6.38. The van der Waals surface area contributed by atoms with Gasteiger partial charge in [0.15, 0.2) is 0 Å². The van der Waals surface area contributed by atoms with E-state index in [9.17, 15) is 0 Å². The van der Waals surface area contributed by atoms with Crippen LogP contribution in [-0.2, 0) is 0 Å². The third-order valence-corrected chi connectivity index (χ3v) is 1.04. The zero-order valence-corrected chi connectivity index (χ0v) is 6.27. The fraction of sp³-hybridized carbons (Fsp3) is 0. The second-order valence-corrected chi connectivity index (χ2v) is 1.76. The highest BCUT2D eigenvalue weighted by atomic mass is 16.4. The molecule has 11 heavy (non-hydrogen) atoms. The molecule has 2 nitrogen and oxygen atoms in total. The SMILES string of the molecule is C=Cc1ccccc1.OBO. The maximum absolute atomic E-state index is 7.12. The van der Waals surface area contributed by atoms with Crippen LogP contribution in [0.1, 0.15) is 5.56 Å². The van der Waals surface area contributed by atoms with E-state index >= 15 is 0 Å². The van der Waals surface area contributed by atoms with Crippen molar-refractivity contribution in [3.8, 4) is 0 Å². The molecule has 0 saturated carbocycles. The first-order valence-electron chi connectivity index (χ1n) is 3.24. The van der Waals surface area contributed by atoms with Crippen molar-refractivity contribution in [2.24, 2.45) is 0 Å². The Bertz CT molecular complexity index is 187. The highest BCUT2D eigenvalue weighted by Gasteiger charge is 1.75. The molecular weight excluding hydrogens is 139 g/mol. The minimum atomic E-state index is -0.750. The van der Waals surface area contributed by atoms with E-state index in [1.807, 2.05) is 36.4 Å². The summed E-state index contributed by atoms with van der Waals surface area (Å²) in [7, 11) is -0.750. The van der Waals surface area contributed by atoms with Gasteiger partial charge in [-0.2, -0.15) is 0 Å². The van der Waals surface area contributed by atoms with Crippen LogP contribution in [0.15, 0.2) is 36.9 Å². The standard InChI is InChI=1S/C8H8.BH3O2/c1-2-8-6-4-3-5-7-8;2-1-3/h2-7H,1H2;1-3H. The molecule has 1 rings (SSSR count). The predicted molar refractivity (Wildman–Crippen MR) is 48.1 cm³/mol. The summed E-state index contributed by atoms with van der Waals surface area (Å²) in [5.74, 6) is 0. The highest BCUT2D eigenvalue weighted by molar-refractivity contribution is 6.13. The molecule has 0 fully saturated rings. The number of hydrogen-bond donors (Lipinski definition) is 2. The molecule has 0 atom stereocenters. The minimum Gasteiger partial charge on any atom is -0.430 e. The molecule has 58 valence electrons. The van der Waals surface area contributed by atoms with Crippen molar-refractivity contribution in [3.05, 3.63) is 42.5 Å². The Morgan fingerprint density at radius 2 is 1.64 bits per heavy atom. The van der Waals surface area contributed by atoms with Crippen molar-refractivity contribution in [1.82, 2.24) is 0 Å². The van der Waals surface area contributed by atoms with Gasteiger partial charge in [0.05, 0.1) is 0 Å². The monoisotopic (exact) mass is 150 g/mol. The lowest BCUT2D eigenvalue weighted by Gasteiger charge is -1.85. The van der Waals surface area contributed by atoms with Crippen molar-refractivity contribution >= 4 is 13.8 Å². The first-order chi connectivity index (χ1) is 5.35. The Labute approximate surface area is 67.1 Å². The summed E-state index contributed by atoms with van der Waals surface area (Å²) in [6.45, 7) is 3.63. The van der Waals surface area contributed by atoms with Crippen LogP contribution in [0.4, 0.5) is 0 Å². The van der Waals surface area contributed by atoms with Gasteiger partial charge in [-0.25, -0.2) is 0 Å². The normalized spacial score (nSPS) is 7.45. The third kappa shape index (κ3) is 5.39. The first-order valence-corrected chi connectivity index (χ1v) is 3.24. The summed E-state index contributed by atoms with van der Waals surface area (Å²) >= 11 is 0. The smallest absolute Gasteiger partial charge is 0.430 e. The van der Waals surface area contributed by atoms with Crippen LogP contribution >= 0.6 is 0 Å². The van der Waals surface area contributed by atoms with E-state index in [0.29, 0.717) is 0 Å². The molecule has 0 saturated heterocycles. The molecule has 2 N–H and O–H groups in total. The number of benzene rings is 1. The molecule has 0 aliphatic carbocycles. The second kappa shape index (κ2) is 7.06. The largest absolute Gasteiger partial charge is 0.432 e. The van der Waals surface area contributed by atoms with Crippen LogP contribution in [-0.4, -0.2) is 17.7 Å². The average Bonchev–Trinajstić information content (AvgIpc) is 2.08. The molecule has 0 amide bonds. The van der Waals surface area contributed by atoms with Crippen molar-refractivity contribution < 1.29 is 10.0 Å². The molecular formula is C8H11BO2. The van der Waals surface area contributed by atoms with E-state index < -0.39 is 7.69 Å². The van der Waals surface area contributed by atoms with Gasteiger partial charge >= 0.3 is 7.69 Å². The van der Waals surface area contributed by atoms with E-state index in [-0.39, 0.29) is 0 Å². The Hall–Kier alpha value is -1.06. The molecule has 3 heteroatoms. The quantitative estimate of drug-likeness (QED) is 0.574. The van der Waals surface area contributed by atoms with E-state index in [0.717, 1.165) is 0 Å². The van der Waals surface area contributed by atoms with Crippen LogP contribution in [0.2, 0.25) is 0 Å². The van der Waals surface area contributed by atoms with Gasteiger partial charge in [-0.3, -0.25) is 0 Å². The lowest BCUT2D eigenvalue weighted by Crippen LogP contribution is -1.75. The van der Waals surface area contributed by atoms with Gasteiger partial charge in [-0.05, 0) is 5.56 Å². The van der Waals surface area contributed by atoms with Gasteiger partial charge in [-0.15, -0.1) is 0 Å². The number of rotatable bonds is 1. The van der Waals surface area contributed by atoms with Gasteiger partial charge in [0, 0.05) is 0 Å². The van der Waals surface area contributed by atoms with Crippen molar-refractivity contribution in [2.75, 3.05) is 0 Å². The Balaban J connectivity index is 0.000000292. The Morgan fingerprint density at radius 1 is 1.18 bits per heavy atom. The molecule has 0 heterocycles. The first kappa shape index (κ1) is 9.94. The average molecular weight is 150 g/mol. The summed E-state index contributed by atoms with van der Waals surface area (Å²) in [6.07, 6.45) is 1.83. The molecule has 0 aromatic heterocycles. The topological polar surface area (TPSA) is 40.5 Å². The third-order valence-electron chi connectivity index (χ3n) is 1.04. The van der Waals surface area contributed by atoms with Crippen LogP contribution < -0.4 is 0 Å². The summed E-state index contributed by atoms with van der Waals surface area (Å²) in [5, 5.41) is 14.2. The van der Waals surface area contributed by atoms with Gasteiger partial charge in [0.25, 0.3) is 0 Å². The fourth-order valence-corrected chi connectivity index (χ4v) is 0.589. The van der Waals surface area contributed by atoms with Crippen molar-refractivity contribution in [1.29, 1.82) is 0 Å². The Morgan fingerprint density at radius 3 is 1.91 bits per heavy atom. The summed E-state index contributed by atoms with van der Waals surface area (Å²) in [4.78, 5) is 0. The van der Waals surface area contributed by atoms with Crippen molar-refractivity contribution in [3.63, 3.8) is 0 Å². The lowest BCUT2D eigenvalue weighted by molar-refractivity contribution is 0.448. The van der Waals surface area contributed by atoms with Crippen LogP contribution in [0.25, 0.3) is 6.08 Å². The van der Waals surface area contributed by atoms with Gasteiger partial charge < -0.3 is 10.0 Å². The predicted octanol–water partition coefficient (Wildman–Crippen LogP) is 0.567. The zero-order chi connectivity index (χ0) is 8.53. The van der Waals surface area contributed by atoms with E-state index in [1.165, 1.54) is 5.56 Å². The van der Waals surface area contributed by atoms with Gasteiger partial charge in [0.1, 0.15) is 0 Å². The summed E-state index contributed by atoms with van der Waals surface area (Å²) in [6, 6.07) is 10.0. The lowest BCUT2D eigenvalue weighted by atomic mass is 10.2. The van der Waals surface area contributed by atoms with Crippen LogP contribution in [0, 0.1) is 0 Å². The molecule has 0 bridgehead atoms. The van der Waals surface area contributed by atoms with Gasteiger partial charge in [-0.1, -0.05) is 43.0 Å². The van der Waals surface area contributed by atoms with Crippen molar-refractivity contribution in [2.45, 2.75) is 0 Å². The molecule has 0 aliphatic heterocycles. The maximum Gasteiger partial charge on any atom is 0.432 e. The molecule has 0 aliphatic rings. The van der Waals surface area contributed by atoms with E-state index in [1.54, 1.807) is 0 Å². The highest BCUT2D eigenvalue weighted by Crippen LogP contribution is 1.97. The van der Waals surface area contributed by atoms with Gasteiger partial charge in [0.2, 0.25) is 0 Å². The second-order valence-electron chi connectivity index (χ2n) is 1.76. The zero-order valence-electron chi connectivity index (χ0n) is 6.27. The molecule has 0 unspecified atom stereocenters. The van der Waals surface area contributed by atoms with E-state index in [2.05, 4.69) is 6.58 Å². The molecule has 0 radical (unpaired) electrons. The minimum absolute atomic E-state index is 0.750. The molecule has 1 aromatic carbocycles. The van der Waals surface area contributed by atoms with Crippen LogP contribution in [0.5, 0.6) is 0 Å². The fourth-order valence-electron chi connectivity index (χ4n) is 0.589. The summed E-state index contributed by atoms with van der Waals surface area (Å²) < 4.78 is 0. The maximum atomic E-state index is 7.12.